The normalized spacial score (nSPS) is 10.7. The van der Waals surface area contributed by atoms with Crippen LogP contribution in [0.1, 0.15) is 102 Å². The van der Waals surface area contributed by atoms with Crippen LogP contribution in [0.5, 0.6) is 0 Å². The van der Waals surface area contributed by atoms with Crippen molar-refractivity contribution in [2.75, 3.05) is 13.2 Å². The Balaban J connectivity index is 1.84. The summed E-state index contributed by atoms with van der Waals surface area (Å²) in [5, 5.41) is 0. The van der Waals surface area contributed by atoms with Crippen LogP contribution < -0.4 is 0 Å². The van der Waals surface area contributed by atoms with Crippen molar-refractivity contribution in [2.24, 2.45) is 0 Å². The third kappa shape index (κ3) is 16.0. The van der Waals surface area contributed by atoms with Crippen LogP contribution in [0.3, 0.4) is 0 Å². The first-order valence-corrected chi connectivity index (χ1v) is 12.1. The fourth-order valence-corrected chi connectivity index (χ4v) is 3.40. The minimum absolute atomic E-state index is 0.206. The molecule has 4 heteroatoms. The zero-order valence-corrected chi connectivity index (χ0v) is 19.0. The molecular formula is C26H42O4. The molecule has 0 amide bonds. The molecule has 0 aliphatic rings. The van der Waals surface area contributed by atoms with Crippen LogP contribution in [0.15, 0.2) is 30.3 Å². The molecule has 1 aromatic rings. The fraction of sp³-hybridized carbons (Fsp3) is 0.692. The number of carbonyl (C=O) groups is 2. The van der Waals surface area contributed by atoms with E-state index in [0.717, 1.165) is 25.7 Å². The topological polar surface area (TPSA) is 52.6 Å². The van der Waals surface area contributed by atoms with E-state index in [1.807, 2.05) is 18.2 Å². The first-order valence-electron chi connectivity index (χ1n) is 12.1. The van der Waals surface area contributed by atoms with Gasteiger partial charge in [0.1, 0.15) is 0 Å². The van der Waals surface area contributed by atoms with Gasteiger partial charge in [-0.1, -0.05) is 95.0 Å². The number of ether oxygens (including phenoxy) is 2. The van der Waals surface area contributed by atoms with Crippen molar-refractivity contribution >= 4 is 11.9 Å². The van der Waals surface area contributed by atoms with Crippen LogP contribution in [0.2, 0.25) is 0 Å². The van der Waals surface area contributed by atoms with E-state index >= 15 is 0 Å². The second-order valence-corrected chi connectivity index (χ2v) is 8.07. The molecule has 0 aromatic heterocycles. The summed E-state index contributed by atoms with van der Waals surface area (Å²) in [5.41, 5.74) is 1.25. The van der Waals surface area contributed by atoms with Gasteiger partial charge < -0.3 is 9.47 Å². The van der Waals surface area contributed by atoms with Gasteiger partial charge in [0.05, 0.1) is 13.2 Å². The molecule has 0 N–H and O–H groups in total. The SMILES string of the molecule is CCCCCCCCCCCCOC(=O)CCCC(=O)OCCCc1ccccc1. The summed E-state index contributed by atoms with van der Waals surface area (Å²) < 4.78 is 10.5. The third-order valence-electron chi connectivity index (χ3n) is 5.24. The van der Waals surface area contributed by atoms with Crippen molar-refractivity contribution in [3.05, 3.63) is 35.9 Å². The van der Waals surface area contributed by atoms with Gasteiger partial charge in [-0.2, -0.15) is 0 Å². The Morgan fingerprint density at radius 1 is 0.633 bits per heavy atom. The molecule has 0 heterocycles. The van der Waals surface area contributed by atoms with Gasteiger partial charge in [0.2, 0.25) is 0 Å². The zero-order valence-electron chi connectivity index (χ0n) is 19.0. The van der Waals surface area contributed by atoms with E-state index in [1.54, 1.807) is 0 Å². The molecule has 170 valence electrons. The number of aryl methyl sites for hydroxylation is 1. The molecule has 0 aliphatic heterocycles. The number of hydrogen-bond donors (Lipinski definition) is 0. The Morgan fingerprint density at radius 2 is 1.13 bits per heavy atom. The minimum Gasteiger partial charge on any atom is -0.466 e. The lowest BCUT2D eigenvalue weighted by Crippen LogP contribution is -2.09. The number of hydrogen-bond acceptors (Lipinski definition) is 4. The molecule has 4 nitrogen and oxygen atoms in total. The quantitative estimate of drug-likeness (QED) is 0.183. The molecule has 0 saturated carbocycles. The van der Waals surface area contributed by atoms with Gasteiger partial charge in [-0.15, -0.1) is 0 Å². The number of benzene rings is 1. The molecule has 30 heavy (non-hydrogen) atoms. The summed E-state index contributed by atoms with van der Waals surface area (Å²) in [4.78, 5) is 23.4. The molecule has 0 fully saturated rings. The molecule has 0 aliphatic carbocycles. The van der Waals surface area contributed by atoms with Gasteiger partial charge in [-0.25, -0.2) is 0 Å². The Labute approximate surface area is 183 Å². The summed E-state index contributed by atoms with van der Waals surface area (Å²) >= 11 is 0. The largest absolute Gasteiger partial charge is 0.466 e. The molecule has 1 rings (SSSR count). The monoisotopic (exact) mass is 418 g/mol. The van der Waals surface area contributed by atoms with Crippen molar-refractivity contribution in [3.63, 3.8) is 0 Å². The van der Waals surface area contributed by atoms with E-state index in [1.165, 1.54) is 56.9 Å². The first-order chi connectivity index (χ1) is 14.7. The lowest BCUT2D eigenvalue weighted by molar-refractivity contribution is -0.145. The molecule has 1 aromatic carbocycles. The molecule has 0 unspecified atom stereocenters. The highest BCUT2D eigenvalue weighted by atomic mass is 16.5. The van der Waals surface area contributed by atoms with Crippen LogP contribution in [0, 0.1) is 0 Å². The maximum absolute atomic E-state index is 11.7. The van der Waals surface area contributed by atoms with Gasteiger partial charge >= 0.3 is 11.9 Å². The molecule has 0 saturated heterocycles. The Bertz CT molecular complexity index is 541. The molecule has 0 bridgehead atoms. The van der Waals surface area contributed by atoms with Crippen LogP contribution in [0.25, 0.3) is 0 Å². The predicted octanol–water partition coefficient (Wildman–Crippen LogP) is 6.80. The number of unbranched alkanes of at least 4 members (excludes halogenated alkanes) is 9. The minimum atomic E-state index is -0.231. The van der Waals surface area contributed by atoms with Crippen LogP contribution in [0.4, 0.5) is 0 Å². The van der Waals surface area contributed by atoms with E-state index < -0.39 is 0 Å². The second kappa shape index (κ2) is 19.1. The average molecular weight is 419 g/mol. The van der Waals surface area contributed by atoms with E-state index in [-0.39, 0.29) is 24.8 Å². The molecule has 0 spiro atoms. The summed E-state index contributed by atoms with van der Waals surface area (Å²) in [7, 11) is 0. The maximum Gasteiger partial charge on any atom is 0.305 e. The summed E-state index contributed by atoms with van der Waals surface area (Å²) in [6.45, 7) is 3.17. The lowest BCUT2D eigenvalue weighted by atomic mass is 10.1. The van der Waals surface area contributed by atoms with Crippen molar-refractivity contribution in [1.82, 2.24) is 0 Å². The average Bonchev–Trinajstić information content (AvgIpc) is 2.76. The Morgan fingerprint density at radius 3 is 1.70 bits per heavy atom. The Hall–Kier alpha value is -1.84. The summed E-state index contributed by atoms with van der Waals surface area (Å²) in [6.07, 6.45) is 15.4. The van der Waals surface area contributed by atoms with Gasteiger partial charge in [0.25, 0.3) is 0 Å². The highest BCUT2D eigenvalue weighted by Crippen LogP contribution is 2.11. The summed E-state index contributed by atoms with van der Waals surface area (Å²) in [6, 6.07) is 10.2. The van der Waals surface area contributed by atoms with E-state index in [9.17, 15) is 9.59 Å². The van der Waals surface area contributed by atoms with Crippen molar-refractivity contribution in [2.45, 2.75) is 103 Å². The first kappa shape index (κ1) is 26.2. The van der Waals surface area contributed by atoms with Gasteiger partial charge in [-0.05, 0) is 31.2 Å². The van der Waals surface area contributed by atoms with Crippen LogP contribution >= 0.6 is 0 Å². The summed E-state index contributed by atoms with van der Waals surface area (Å²) in [5.74, 6) is -0.437. The Kier molecular flexibility index (Phi) is 16.7. The smallest absolute Gasteiger partial charge is 0.305 e. The highest BCUT2D eigenvalue weighted by Gasteiger charge is 2.07. The predicted molar refractivity (Wildman–Crippen MR) is 122 cm³/mol. The van der Waals surface area contributed by atoms with Crippen molar-refractivity contribution in [1.29, 1.82) is 0 Å². The fourth-order valence-electron chi connectivity index (χ4n) is 3.40. The van der Waals surface area contributed by atoms with E-state index in [4.69, 9.17) is 9.47 Å². The number of rotatable bonds is 19. The standard InChI is InChI=1S/C26H42O4/c1-2-3-4-5-6-7-8-9-10-14-22-29-25(27)20-15-21-26(28)30-23-16-19-24-17-12-11-13-18-24/h11-13,17-18H,2-10,14-16,19-23H2,1H3. The van der Waals surface area contributed by atoms with E-state index in [0.29, 0.717) is 19.6 Å². The highest BCUT2D eigenvalue weighted by molar-refractivity contribution is 5.72. The van der Waals surface area contributed by atoms with Crippen LogP contribution in [-0.4, -0.2) is 25.2 Å². The molecular weight excluding hydrogens is 376 g/mol. The number of esters is 2. The second-order valence-electron chi connectivity index (χ2n) is 8.07. The van der Waals surface area contributed by atoms with Gasteiger partial charge in [0.15, 0.2) is 0 Å². The van der Waals surface area contributed by atoms with Crippen molar-refractivity contribution in [3.8, 4) is 0 Å². The number of carbonyl (C=O) groups excluding carboxylic acids is 2. The lowest BCUT2D eigenvalue weighted by Gasteiger charge is -2.06. The third-order valence-corrected chi connectivity index (χ3v) is 5.24. The van der Waals surface area contributed by atoms with E-state index in [2.05, 4.69) is 19.1 Å². The van der Waals surface area contributed by atoms with Gasteiger partial charge in [0, 0.05) is 12.8 Å². The zero-order chi connectivity index (χ0) is 21.7. The molecule has 0 atom stereocenters. The van der Waals surface area contributed by atoms with Crippen molar-refractivity contribution < 1.29 is 19.1 Å². The molecule has 0 radical (unpaired) electrons. The van der Waals surface area contributed by atoms with Crippen LogP contribution in [-0.2, 0) is 25.5 Å². The van der Waals surface area contributed by atoms with Gasteiger partial charge in [-0.3, -0.25) is 9.59 Å². The maximum atomic E-state index is 11.7.